The first kappa shape index (κ1) is 23.8. The van der Waals surface area contributed by atoms with Crippen LogP contribution in [0.2, 0.25) is 39.3 Å². The minimum atomic E-state index is -1.49. The first-order valence-electron chi connectivity index (χ1n) is 8.63. The molecule has 0 aliphatic carbocycles. The predicted octanol–water partition coefficient (Wildman–Crippen LogP) is 8.33. The summed E-state index contributed by atoms with van der Waals surface area (Å²) in [5.41, 5.74) is 4.89. The third-order valence-corrected chi connectivity index (χ3v) is 5.10. The van der Waals surface area contributed by atoms with E-state index in [1.54, 1.807) is 0 Å². The molecule has 0 heterocycles. The molecule has 2 aromatic rings. The molecule has 0 atom stereocenters. The maximum atomic E-state index is 5.01. The van der Waals surface area contributed by atoms with Crippen molar-refractivity contribution in [2.75, 3.05) is 0 Å². The number of nitrogens with zero attached hydrogens (tertiary/aromatic N) is 2. The number of benzene rings is 2. The monoisotopic (exact) mass is 458 g/mol. The van der Waals surface area contributed by atoms with E-state index in [1.807, 2.05) is 0 Å². The zero-order valence-electron chi connectivity index (χ0n) is 16.5. The molecule has 142 valence electrons. The summed E-state index contributed by atoms with van der Waals surface area (Å²) in [6, 6.07) is 17.1. The number of halogens is 2. The maximum absolute atomic E-state index is 5.01. The van der Waals surface area contributed by atoms with Crippen LogP contribution in [0.5, 0.6) is 0 Å². The van der Waals surface area contributed by atoms with Crippen molar-refractivity contribution in [1.82, 2.24) is 0 Å². The Morgan fingerprint density at radius 1 is 0.692 bits per heavy atom. The van der Waals surface area contributed by atoms with Crippen LogP contribution in [0, 0.1) is 0 Å². The Balaban J connectivity index is 0.00000105. The Hall–Kier alpha value is -0.232. The van der Waals surface area contributed by atoms with Crippen molar-refractivity contribution in [2.45, 2.75) is 45.7 Å². The topological polar surface area (TPSA) is 28.2 Å². The number of hydrogen-bond donors (Lipinski definition) is 0. The Morgan fingerprint density at radius 3 is 1.31 bits per heavy atom. The molecule has 0 saturated carbocycles. The van der Waals surface area contributed by atoms with Crippen molar-refractivity contribution in [1.29, 1.82) is 0 Å². The van der Waals surface area contributed by atoms with E-state index in [9.17, 15) is 0 Å². The normalized spacial score (nSPS) is 11.2. The van der Waals surface area contributed by atoms with E-state index in [0.29, 0.717) is 0 Å². The van der Waals surface area contributed by atoms with E-state index in [0.717, 1.165) is 17.8 Å². The Kier molecular flexibility index (Phi) is 10.0. The van der Waals surface area contributed by atoms with Gasteiger partial charge in [0.05, 0.1) is 0 Å². The van der Waals surface area contributed by atoms with Crippen molar-refractivity contribution < 1.29 is 17.0 Å². The van der Waals surface area contributed by atoms with Crippen molar-refractivity contribution in [2.24, 2.45) is 0 Å². The standard InChI is InChI=1S/C19H28N2Si2.2ClH.Ti/c1-22(2,3)20-18-13-9-7-11-16(18)15-17-12-8-10-14-19(17)21-23(4,5)6;;;/h7-14H,15H2,1-6H3;2*1H;/q-2;;;+2/p-2. The van der Waals surface area contributed by atoms with Gasteiger partial charge in [-0.2, -0.15) is 0 Å². The summed E-state index contributed by atoms with van der Waals surface area (Å²) >= 11 is -0.556. The molecule has 0 saturated heterocycles. The molecule has 0 bridgehead atoms. The third kappa shape index (κ3) is 9.63. The second-order valence-corrected chi connectivity index (χ2v) is 19.8. The molecule has 0 aliphatic heterocycles. The van der Waals surface area contributed by atoms with Crippen LogP contribution in [0.1, 0.15) is 11.1 Å². The average molecular weight is 459 g/mol. The summed E-state index contributed by atoms with van der Waals surface area (Å²) in [6.45, 7) is 13.7. The van der Waals surface area contributed by atoms with Gasteiger partial charge in [0.2, 0.25) is 0 Å². The SMILES string of the molecule is C[Si](C)(C)[N-]c1ccccc1Cc1ccccc1[N-][Si](C)(C)C.[Cl][Ti][Cl]. The number of rotatable bonds is 6. The molecular weight excluding hydrogens is 431 g/mol. The van der Waals surface area contributed by atoms with Crippen LogP contribution in [-0.2, 0) is 23.5 Å². The van der Waals surface area contributed by atoms with Gasteiger partial charge in [-0.25, -0.2) is 0 Å². The van der Waals surface area contributed by atoms with Crippen LogP contribution in [0.25, 0.3) is 9.96 Å². The minimum absolute atomic E-state index is 0.556. The molecule has 0 fully saturated rings. The van der Waals surface area contributed by atoms with Gasteiger partial charge in [0.1, 0.15) is 0 Å². The van der Waals surface area contributed by atoms with Gasteiger partial charge in [0.25, 0.3) is 0 Å². The Morgan fingerprint density at radius 2 is 1.00 bits per heavy atom. The van der Waals surface area contributed by atoms with Crippen molar-refractivity contribution >= 4 is 46.5 Å². The molecule has 2 rings (SSSR count). The van der Waals surface area contributed by atoms with Gasteiger partial charge in [-0.05, 0) is 22.9 Å². The van der Waals surface area contributed by atoms with E-state index < -0.39 is 33.5 Å². The predicted molar refractivity (Wildman–Crippen MR) is 120 cm³/mol. The molecule has 0 spiro atoms. The van der Waals surface area contributed by atoms with Gasteiger partial charge in [0.15, 0.2) is 0 Å². The van der Waals surface area contributed by atoms with Crippen LogP contribution in [0.4, 0.5) is 11.4 Å². The zero-order chi connectivity index (χ0) is 19.8. The molecule has 26 heavy (non-hydrogen) atoms. The second-order valence-electron chi connectivity index (χ2n) is 8.07. The van der Waals surface area contributed by atoms with Crippen LogP contribution < -0.4 is 0 Å². The third-order valence-electron chi connectivity index (χ3n) is 3.28. The summed E-state index contributed by atoms with van der Waals surface area (Å²) in [5.74, 6) is 0. The summed E-state index contributed by atoms with van der Waals surface area (Å²) < 4.78 is 0. The molecule has 0 amide bonds. The summed E-state index contributed by atoms with van der Waals surface area (Å²) in [7, 11) is 6.80. The van der Waals surface area contributed by atoms with Gasteiger partial charge in [-0.15, -0.1) is 11.4 Å². The van der Waals surface area contributed by atoms with Gasteiger partial charge in [0, 0.05) is 0 Å². The van der Waals surface area contributed by atoms with E-state index in [2.05, 4.69) is 87.8 Å². The zero-order valence-corrected chi connectivity index (χ0v) is 21.5. The van der Waals surface area contributed by atoms with Crippen LogP contribution >= 0.6 is 18.6 Å². The molecule has 0 radical (unpaired) electrons. The van der Waals surface area contributed by atoms with Crippen LogP contribution in [0.15, 0.2) is 48.5 Å². The van der Waals surface area contributed by atoms with Crippen LogP contribution in [-0.4, -0.2) is 16.5 Å². The van der Waals surface area contributed by atoms with Gasteiger partial charge < -0.3 is 9.96 Å². The average Bonchev–Trinajstić information content (AvgIpc) is 2.49. The Bertz CT molecular complexity index is 628. The van der Waals surface area contributed by atoms with E-state index in [4.69, 9.17) is 28.6 Å². The molecule has 0 aromatic heterocycles. The first-order chi connectivity index (χ1) is 12.1. The first-order valence-corrected chi connectivity index (χ1v) is 19.8. The van der Waals surface area contributed by atoms with Gasteiger partial charge in [-0.3, -0.25) is 0 Å². The van der Waals surface area contributed by atoms with Gasteiger partial charge in [-0.1, -0.05) is 98.9 Å². The van der Waals surface area contributed by atoms with E-state index >= 15 is 0 Å². The van der Waals surface area contributed by atoms with Crippen LogP contribution in [0.3, 0.4) is 0 Å². The van der Waals surface area contributed by atoms with Crippen molar-refractivity contribution in [3.8, 4) is 0 Å². The summed E-state index contributed by atoms with van der Waals surface area (Å²) in [5, 5.41) is 0. The van der Waals surface area contributed by atoms with E-state index in [1.165, 1.54) is 11.1 Å². The van der Waals surface area contributed by atoms with E-state index in [-0.39, 0.29) is 0 Å². The fourth-order valence-electron chi connectivity index (χ4n) is 2.47. The van der Waals surface area contributed by atoms with Gasteiger partial charge >= 0.3 is 35.6 Å². The molecule has 2 aromatic carbocycles. The fraction of sp³-hybridized carbons (Fsp3) is 0.368. The van der Waals surface area contributed by atoms with Crippen molar-refractivity contribution in [3.63, 3.8) is 0 Å². The Labute approximate surface area is 177 Å². The molecule has 0 aliphatic rings. The summed E-state index contributed by atoms with van der Waals surface area (Å²) in [6.07, 6.45) is 0.897. The quantitative estimate of drug-likeness (QED) is 0.389. The summed E-state index contributed by atoms with van der Waals surface area (Å²) in [4.78, 5) is 10.0. The number of hydrogen-bond acceptors (Lipinski definition) is 0. The molecule has 7 heteroatoms. The van der Waals surface area contributed by atoms with Crippen molar-refractivity contribution in [3.05, 3.63) is 69.6 Å². The fourth-order valence-corrected chi connectivity index (χ4v) is 4.35. The molecule has 0 unspecified atom stereocenters. The molecular formula is C19H28Cl2N2Si2Ti-2. The molecule has 2 nitrogen and oxygen atoms in total. The molecule has 0 N–H and O–H groups in total. The second kappa shape index (κ2) is 10.9.